The standard InChI is InChI=1S/C16H24OSi/c1-18(2,3)12-13-8-10-14-6-4-5-7-15(14)16(17)11-9-13/h4-8,16-17H,9-12H2,1-3H3/b13-8+/t16-/m1/s1. The third-order valence-electron chi connectivity index (χ3n) is 3.52. The zero-order chi connectivity index (χ0) is 13.2. The van der Waals surface area contributed by atoms with Crippen LogP contribution in [0, 0.1) is 0 Å². The van der Waals surface area contributed by atoms with Crippen molar-refractivity contribution in [3.8, 4) is 0 Å². The van der Waals surface area contributed by atoms with Crippen molar-refractivity contribution in [1.82, 2.24) is 0 Å². The van der Waals surface area contributed by atoms with Crippen molar-refractivity contribution in [2.75, 3.05) is 0 Å². The smallest absolute Gasteiger partial charge is 0.0795 e. The summed E-state index contributed by atoms with van der Waals surface area (Å²) in [6.45, 7) is 7.24. The van der Waals surface area contributed by atoms with Crippen LogP contribution in [-0.4, -0.2) is 13.2 Å². The molecule has 2 rings (SSSR count). The molecule has 98 valence electrons. The maximum atomic E-state index is 10.3. The average Bonchev–Trinajstić information content (AvgIpc) is 2.29. The predicted molar refractivity (Wildman–Crippen MR) is 80.6 cm³/mol. The molecule has 18 heavy (non-hydrogen) atoms. The van der Waals surface area contributed by atoms with Crippen molar-refractivity contribution in [2.24, 2.45) is 0 Å². The maximum Gasteiger partial charge on any atom is 0.0795 e. The van der Waals surface area contributed by atoms with Gasteiger partial charge in [-0.3, -0.25) is 0 Å². The van der Waals surface area contributed by atoms with E-state index in [1.807, 2.05) is 6.07 Å². The molecule has 0 unspecified atom stereocenters. The minimum Gasteiger partial charge on any atom is -0.388 e. The molecule has 0 bridgehead atoms. The number of hydrogen-bond acceptors (Lipinski definition) is 1. The zero-order valence-electron chi connectivity index (χ0n) is 11.7. The van der Waals surface area contributed by atoms with E-state index in [9.17, 15) is 5.11 Å². The SMILES string of the molecule is C[Si](C)(C)C/C1=C/Cc2ccccc2[C@H](O)CC1. The summed E-state index contributed by atoms with van der Waals surface area (Å²) < 4.78 is 0. The van der Waals surface area contributed by atoms with E-state index >= 15 is 0 Å². The second kappa shape index (κ2) is 5.41. The van der Waals surface area contributed by atoms with Gasteiger partial charge in [-0.15, -0.1) is 0 Å². The van der Waals surface area contributed by atoms with E-state index in [1.165, 1.54) is 11.6 Å². The summed E-state index contributed by atoms with van der Waals surface area (Å²) in [5, 5.41) is 10.3. The number of rotatable bonds is 2. The Labute approximate surface area is 112 Å². The molecule has 0 aliphatic heterocycles. The Hall–Kier alpha value is -0.863. The van der Waals surface area contributed by atoms with Crippen LogP contribution >= 0.6 is 0 Å². The summed E-state index contributed by atoms with van der Waals surface area (Å²) in [6, 6.07) is 9.57. The Kier molecular flexibility index (Phi) is 4.08. The second-order valence-corrected chi connectivity index (χ2v) is 12.0. The van der Waals surface area contributed by atoms with Crippen LogP contribution in [0.2, 0.25) is 25.7 Å². The molecule has 1 aromatic carbocycles. The van der Waals surface area contributed by atoms with Crippen LogP contribution in [0.1, 0.15) is 30.1 Å². The molecule has 1 aliphatic carbocycles. The molecule has 0 radical (unpaired) electrons. The van der Waals surface area contributed by atoms with Crippen molar-refractivity contribution in [1.29, 1.82) is 0 Å². The Bertz CT molecular complexity index is 443. The van der Waals surface area contributed by atoms with Gasteiger partial charge in [0.15, 0.2) is 0 Å². The van der Waals surface area contributed by atoms with Gasteiger partial charge in [0.25, 0.3) is 0 Å². The molecule has 0 fully saturated rings. The van der Waals surface area contributed by atoms with E-state index in [-0.39, 0.29) is 6.10 Å². The van der Waals surface area contributed by atoms with Crippen LogP contribution in [0.3, 0.4) is 0 Å². The highest BCUT2D eigenvalue weighted by Gasteiger charge is 2.19. The molecule has 1 aliphatic rings. The lowest BCUT2D eigenvalue weighted by atomic mass is 9.92. The molecule has 1 atom stereocenters. The number of aliphatic hydroxyl groups is 1. The van der Waals surface area contributed by atoms with Gasteiger partial charge in [0, 0.05) is 8.07 Å². The first-order valence-electron chi connectivity index (χ1n) is 6.89. The monoisotopic (exact) mass is 260 g/mol. The second-order valence-electron chi connectivity index (χ2n) is 6.56. The van der Waals surface area contributed by atoms with Crippen LogP contribution in [0.15, 0.2) is 35.9 Å². The van der Waals surface area contributed by atoms with Gasteiger partial charge in [-0.05, 0) is 36.4 Å². The molecule has 0 amide bonds. The lowest BCUT2D eigenvalue weighted by Crippen LogP contribution is -2.20. The molecule has 1 nitrogen and oxygen atoms in total. The van der Waals surface area contributed by atoms with Gasteiger partial charge >= 0.3 is 0 Å². The van der Waals surface area contributed by atoms with E-state index < -0.39 is 8.07 Å². The summed E-state index contributed by atoms with van der Waals surface area (Å²) in [7, 11) is -1.05. The van der Waals surface area contributed by atoms with Gasteiger partial charge in [0.05, 0.1) is 6.10 Å². The lowest BCUT2D eigenvalue weighted by Gasteiger charge is -2.23. The van der Waals surface area contributed by atoms with Crippen LogP contribution in [0.25, 0.3) is 0 Å². The minimum absolute atomic E-state index is 0.286. The predicted octanol–water partition coefficient (Wildman–Crippen LogP) is 4.32. The van der Waals surface area contributed by atoms with Crippen molar-refractivity contribution in [2.45, 2.75) is 51.1 Å². The van der Waals surface area contributed by atoms with E-state index in [4.69, 9.17) is 0 Å². The molecule has 0 saturated heterocycles. The number of aliphatic hydroxyl groups excluding tert-OH is 1. The van der Waals surface area contributed by atoms with E-state index in [2.05, 4.69) is 43.9 Å². The molecular weight excluding hydrogens is 236 g/mol. The zero-order valence-corrected chi connectivity index (χ0v) is 12.7. The molecule has 0 spiro atoms. The van der Waals surface area contributed by atoms with Gasteiger partial charge in [-0.2, -0.15) is 0 Å². The highest BCUT2D eigenvalue weighted by atomic mass is 28.3. The van der Waals surface area contributed by atoms with Crippen LogP contribution < -0.4 is 0 Å². The largest absolute Gasteiger partial charge is 0.388 e. The first kappa shape index (κ1) is 13.6. The highest BCUT2D eigenvalue weighted by molar-refractivity contribution is 6.76. The van der Waals surface area contributed by atoms with Gasteiger partial charge < -0.3 is 5.11 Å². The summed E-state index contributed by atoms with van der Waals surface area (Å²) >= 11 is 0. The Morgan fingerprint density at radius 1 is 1.22 bits per heavy atom. The van der Waals surface area contributed by atoms with Gasteiger partial charge in [-0.25, -0.2) is 0 Å². The minimum atomic E-state index is -1.05. The fraction of sp³-hybridized carbons (Fsp3) is 0.500. The van der Waals surface area contributed by atoms with Gasteiger partial charge in [0.2, 0.25) is 0 Å². The molecule has 2 heteroatoms. The average molecular weight is 260 g/mol. The van der Waals surface area contributed by atoms with Crippen LogP contribution in [0.4, 0.5) is 0 Å². The topological polar surface area (TPSA) is 20.2 Å². The molecular formula is C16H24OSi. The Morgan fingerprint density at radius 3 is 2.67 bits per heavy atom. The number of hydrogen-bond donors (Lipinski definition) is 1. The molecule has 1 aromatic rings. The molecule has 0 saturated carbocycles. The number of benzene rings is 1. The number of fused-ring (bicyclic) bond motifs is 1. The van der Waals surface area contributed by atoms with Gasteiger partial charge in [-0.1, -0.05) is 55.6 Å². The van der Waals surface area contributed by atoms with E-state index in [0.717, 1.165) is 24.8 Å². The Morgan fingerprint density at radius 2 is 1.94 bits per heavy atom. The lowest BCUT2D eigenvalue weighted by molar-refractivity contribution is 0.166. The fourth-order valence-corrected chi connectivity index (χ4v) is 4.40. The quantitative estimate of drug-likeness (QED) is 0.620. The van der Waals surface area contributed by atoms with Crippen molar-refractivity contribution in [3.05, 3.63) is 47.0 Å². The molecule has 0 aromatic heterocycles. The van der Waals surface area contributed by atoms with Crippen molar-refractivity contribution in [3.63, 3.8) is 0 Å². The first-order chi connectivity index (χ1) is 8.46. The normalized spacial score (nSPS) is 23.6. The Balaban J connectivity index is 2.22. The van der Waals surface area contributed by atoms with Gasteiger partial charge in [0.1, 0.15) is 0 Å². The highest BCUT2D eigenvalue weighted by Crippen LogP contribution is 2.30. The van der Waals surface area contributed by atoms with Crippen LogP contribution in [0.5, 0.6) is 0 Å². The summed E-state index contributed by atoms with van der Waals surface area (Å²) in [4.78, 5) is 0. The maximum absolute atomic E-state index is 10.3. The molecule has 0 heterocycles. The summed E-state index contributed by atoms with van der Waals surface area (Å²) in [6.07, 6.45) is 5.02. The first-order valence-corrected chi connectivity index (χ1v) is 10.6. The van der Waals surface area contributed by atoms with Crippen molar-refractivity contribution < 1.29 is 5.11 Å². The fourth-order valence-electron chi connectivity index (χ4n) is 2.72. The van der Waals surface area contributed by atoms with E-state index in [0.29, 0.717) is 0 Å². The number of allylic oxidation sites excluding steroid dienone is 2. The summed E-state index contributed by atoms with van der Waals surface area (Å²) in [5.41, 5.74) is 3.97. The third-order valence-corrected chi connectivity index (χ3v) is 5.04. The summed E-state index contributed by atoms with van der Waals surface area (Å²) in [5.74, 6) is 0. The van der Waals surface area contributed by atoms with Crippen molar-refractivity contribution >= 4 is 8.07 Å². The third kappa shape index (κ3) is 3.56. The van der Waals surface area contributed by atoms with Crippen LogP contribution in [-0.2, 0) is 6.42 Å². The molecule has 1 N–H and O–H groups in total. The van der Waals surface area contributed by atoms with E-state index in [1.54, 1.807) is 5.57 Å².